The first kappa shape index (κ1) is 11.5. The Hall–Kier alpha value is -1.94. The van der Waals surface area contributed by atoms with Gasteiger partial charge >= 0.3 is 5.97 Å². The van der Waals surface area contributed by atoms with Gasteiger partial charge in [0.05, 0.1) is 5.52 Å². The molecule has 4 heteroatoms. The van der Waals surface area contributed by atoms with Gasteiger partial charge in [-0.25, -0.2) is 0 Å². The van der Waals surface area contributed by atoms with Crippen LogP contribution in [0.15, 0.2) is 36.5 Å². The highest BCUT2D eigenvalue weighted by atomic mass is 16.4. The topological polar surface area (TPSA) is 62.2 Å². The molecule has 0 aliphatic heterocycles. The van der Waals surface area contributed by atoms with Gasteiger partial charge < -0.3 is 10.4 Å². The Morgan fingerprint density at radius 1 is 1.47 bits per heavy atom. The van der Waals surface area contributed by atoms with Crippen LogP contribution in [-0.4, -0.2) is 29.1 Å². The average molecular weight is 230 g/mol. The number of likely N-dealkylation sites (N-methyl/N-ethyl adjacent to an activating group) is 1. The van der Waals surface area contributed by atoms with Crippen LogP contribution in [0.1, 0.15) is 5.56 Å². The zero-order valence-corrected chi connectivity index (χ0v) is 9.55. The minimum Gasteiger partial charge on any atom is -0.480 e. The maximum atomic E-state index is 10.9. The fourth-order valence-electron chi connectivity index (χ4n) is 1.79. The van der Waals surface area contributed by atoms with E-state index >= 15 is 0 Å². The number of pyridine rings is 1. The van der Waals surface area contributed by atoms with Crippen LogP contribution in [0.2, 0.25) is 0 Å². The minimum atomic E-state index is -0.839. The first-order chi connectivity index (χ1) is 8.20. The van der Waals surface area contributed by atoms with Gasteiger partial charge in [0, 0.05) is 11.6 Å². The van der Waals surface area contributed by atoms with Crippen LogP contribution in [0.5, 0.6) is 0 Å². The molecule has 2 N–H and O–H groups in total. The predicted octanol–water partition coefficient (Wildman–Crippen LogP) is 1.45. The van der Waals surface area contributed by atoms with Crippen molar-refractivity contribution in [3.63, 3.8) is 0 Å². The molecule has 0 unspecified atom stereocenters. The number of benzene rings is 1. The molecule has 1 aromatic heterocycles. The Kier molecular flexibility index (Phi) is 3.35. The van der Waals surface area contributed by atoms with Gasteiger partial charge in [0.15, 0.2) is 0 Å². The summed E-state index contributed by atoms with van der Waals surface area (Å²) in [4.78, 5) is 15.2. The van der Waals surface area contributed by atoms with Crippen molar-refractivity contribution in [1.82, 2.24) is 10.3 Å². The second-order valence-corrected chi connectivity index (χ2v) is 3.91. The summed E-state index contributed by atoms with van der Waals surface area (Å²) in [6.07, 6.45) is 2.19. The second kappa shape index (κ2) is 4.93. The fraction of sp³-hybridized carbons (Fsp3) is 0.231. The van der Waals surface area contributed by atoms with Gasteiger partial charge in [-0.3, -0.25) is 9.78 Å². The number of nitrogens with zero attached hydrogens (tertiary/aromatic N) is 1. The second-order valence-electron chi connectivity index (χ2n) is 3.91. The summed E-state index contributed by atoms with van der Waals surface area (Å²) < 4.78 is 0. The Labute approximate surface area is 99.3 Å². The van der Waals surface area contributed by atoms with Crippen LogP contribution < -0.4 is 5.32 Å². The summed E-state index contributed by atoms with van der Waals surface area (Å²) >= 11 is 0. The monoisotopic (exact) mass is 230 g/mol. The molecule has 0 radical (unpaired) electrons. The summed E-state index contributed by atoms with van der Waals surface area (Å²) in [5.74, 6) is -0.839. The van der Waals surface area contributed by atoms with Gasteiger partial charge in [0.1, 0.15) is 6.04 Å². The molecule has 2 rings (SSSR count). The van der Waals surface area contributed by atoms with Crippen molar-refractivity contribution < 1.29 is 9.90 Å². The summed E-state index contributed by atoms with van der Waals surface area (Å²) in [7, 11) is 1.65. The molecule has 4 nitrogen and oxygen atoms in total. The van der Waals surface area contributed by atoms with E-state index < -0.39 is 12.0 Å². The Morgan fingerprint density at radius 2 is 2.29 bits per heavy atom. The zero-order chi connectivity index (χ0) is 12.3. The minimum absolute atomic E-state index is 0.457. The van der Waals surface area contributed by atoms with E-state index in [1.165, 1.54) is 0 Å². The average Bonchev–Trinajstić information content (AvgIpc) is 2.35. The molecule has 0 saturated carbocycles. The highest BCUT2D eigenvalue weighted by molar-refractivity contribution is 5.79. The molecule has 1 heterocycles. The Morgan fingerprint density at radius 3 is 3.00 bits per heavy atom. The number of rotatable bonds is 4. The van der Waals surface area contributed by atoms with Gasteiger partial charge in [-0.15, -0.1) is 0 Å². The molecular formula is C13H14N2O2. The lowest BCUT2D eigenvalue weighted by molar-refractivity contribution is -0.139. The van der Waals surface area contributed by atoms with Crippen molar-refractivity contribution in [2.45, 2.75) is 12.5 Å². The number of carbonyl (C=O) groups is 1. The maximum absolute atomic E-state index is 10.9. The first-order valence-electron chi connectivity index (χ1n) is 5.44. The van der Waals surface area contributed by atoms with E-state index in [-0.39, 0.29) is 0 Å². The van der Waals surface area contributed by atoms with Gasteiger partial charge in [0.25, 0.3) is 0 Å². The van der Waals surface area contributed by atoms with E-state index in [4.69, 9.17) is 5.11 Å². The number of hydrogen-bond donors (Lipinski definition) is 2. The summed E-state index contributed by atoms with van der Waals surface area (Å²) in [5, 5.41) is 12.8. The summed E-state index contributed by atoms with van der Waals surface area (Å²) in [6.45, 7) is 0. The molecule has 0 spiro atoms. The third kappa shape index (κ3) is 2.60. The van der Waals surface area contributed by atoms with Crippen molar-refractivity contribution in [3.05, 3.63) is 42.1 Å². The Bertz CT molecular complexity index is 540. The molecule has 0 aliphatic rings. The van der Waals surface area contributed by atoms with Gasteiger partial charge in [0.2, 0.25) is 0 Å². The van der Waals surface area contributed by atoms with Crippen LogP contribution in [0, 0.1) is 0 Å². The van der Waals surface area contributed by atoms with E-state index in [0.717, 1.165) is 16.5 Å². The lowest BCUT2D eigenvalue weighted by atomic mass is 10.0. The SMILES string of the molecule is CN[C@H](Cc1ccc2cccnc2c1)C(=O)O. The molecule has 1 aromatic carbocycles. The summed E-state index contributed by atoms with van der Waals surface area (Å²) in [6, 6.07) is 9.15. The van der Waals surface area contributed by atoms with Crippen LogP contribution in [0.3, 0.4) is 0 Å². The number of carboxylic acids is 1. The third-order valence-corrected chi connectivity index (χ3v) is 2.76. The number of carboxylic acid groups (broad SMARTS) is 1. The van der Waals surface area contributed by atoms with Crippen molar-refractivity contribution in [1.29, 1.82) is 0 Å². The molecule has 17 heavy (non-hydrogen) atoms. The first-order valence-corrected chi connectivity index (χ1v) is 5.44. The zero-order valence-electron chi connectivity index (χ0n) is 9.55. The number of fused-ring (bicyclic) bond motifs is 1. The molecule has 0 saturated heterocycles. The molecule has 1 atom stereocenters. The fourth-order valence-corrected chi connectivity index (χ4v) is 1.79. The lowest BCUT2D eigenvalue weighted by Gasteiger charge is -2.11. The van der Waals surface area contributed by atoms with Crippen molar-refractivity contribution in [3.8, 4) is 0 Å². The van der Waals surface area contributed by atoms with Crippen LogP contribution in [0.25, 0.3) is 10.9 Å². The van der Waals surface area contributed by atoms with E-state index in [1.807, 2.05) is 30.3 Å². The van der Waals surface area contributed by atoms with E-state index in [1.54, 1.807) is 13.2 Å². The number of aromatic nitrogens is 1. The molecular weight excluding hydrogens is 216 g/mol. The number of hydrogen-bond acceptors (Lipinski definition) is 3. The van der Waals surface area contributed by atoms with Crippen molar-refractivity contribution >= 4 is 16.9 Å². The number of aliphatic carboxylic acids is 1. The van der Waals surface area contributed by atoms with Crippen LogP contribution in [-0.2, 0) is 11.2 Å². The summed E-state index contributed by atoms with van der Waals surface area (Å²) in [5.41, 5.74) is 1.86. The highest BCUT2D eigenvalue weighted by Crippen LogP contribution is 2.14. The molecule has 0 bridgehead atoms. The highest BCUT2D eigenvalue weighted by Gasteiger charge is 2.15. The Balaban J connectivity index is 2.27. The molecule has 0 aliphatic carbocycles. The molecule has 2 aromatic rings. The third-order valence-electron chi connectivity index (χ3n) is 2.76. The molecule has 0 fully saturated rings. The smallest absolute Gasteiger partial charge is 0.321 e. The standard InChI is InChI=1S/C13H14N2O2/c1-14-12(13(16)17)8-9-4-5-10-3-2-6-15-11(10)7-9/h2-7,12,14H,8H2,1H3,(H,16,17)/t12-/m1/s1. The van der Waals surface area contributed by atoms with Crippen molar-refractivity contribution in [2.24, 2.45) is 0 Å². The van der Waals surface area contributed by atoms with Crippen molar-refractivity contribution in [2.75, 3.05) is 7.05 Å². The maximum Gasteiger partial charge on any atom is 0.321 e. The van der Waals surface area contributed by atoms with E-state index in [9.17, 15) is 4.79 Å². The largest absolute Gasteiger partial charge is 0.480 e. The predicted molar refractivity (Wildman–Crippen MR) is 65.9 cm³/mol. The van der Waals surface area contributed by atoms with E-state index in [0.29, 0.717) is 6.42 Å². The quantitative estimate of drug-likeness (QED) is 0.834. The normalized spacial score (nSPS) is 12.5. The van der Waals surface area contributed by atoms with Crippen LogP contribution >= 0.6 is 0 Å². The lowest BCUT2D eigenvalue weighted by Crippen LogP contribution is -2.35. The van der Waals surface area contributed by atoms with Gasteiger partial charge in [-0.2, -0.15) is 0 Å². The van der Waals surface area contributed by atoms with Gasteiger partial charge in [-0.05, 0) is 31.2 Å². The van der Waals surface area contributed by atoms with Gasteiger partial charge in [-0.1, -0.05) is 18.2 Å². The van der Waals surface area contributed by atoms with Crippen LogP contribution in [0.4, 0.5) is 0 Å². The van der Waals surface area contributed by atoms with E-state index in [2.05, 4.69) is 10.3 Å². The molecule has 0 amide bonds. The molecule has 88 valence electrons. The number of nitrogens with one attached hydrogen (secondary N) is 1.